The Bertz CT molecular complexity index is 3630. The Morgan fingerprint density at radius 2 is 1.31 bits per heavy atom. The van der Waals surface area contributed by atoms with E-state index >= 15 is 42.3 Å². The number of halogens is 8. The third kappa shape index (κ3) is 22.0. The molecular formula is C74H102F8N12O15. The molecule has 2 saturated heterocycles. The van der Waals surface area contributed by atoms with Gasteiger partial charge in [-0.3, -0.25) is 57.5 Å². The number of fused-ring (bicyclic) bond motifs is 7. The lowest BCUT2D eigenvalue weighted by Crippen LogP contribution is -2.65. The topological polar surface area (TPSA) is 298 Å². The highest BCUT2D eigenvalue weighted by atomic mass is 19.4. The Balaban J connectivity index is 1.39. The number of aryl methyl sites for hydroxylation is 1. The molecule has 10 atom stereocenters. The van der Waals surface area contributed by atoms with E-state index in [1.807, 2.05) is 0 Å². The van der Waals surface area contributed by atoms with E-state index in [0.29, 0.717) is 37.8 Å². The van der Waals surface area contributed by atoms with Crippen LogP contribution in [0.25, 0.3) is 0 Å². The van der Waals surface area contributed by atoms with Gasteiger partial charge in [-0.25, -0.2) is 8.78 Å². The third-order valence-electron chi connectivity index (χ3n) is 21.1. The van der Waals surface area contributed by atoms with E-state index in [9.17, 15) is 50.3 Å². The molecule has 2 bridgehead atoms. The molecule has 5 aliphatic rings. The van der Waals surface area contributed by atoms with Gasteiger partial charge in [0.25, 0.3) is 0 Å². The fourth-order valence-electron chi connectivity index (χ4n) is 14.5. The van der Waals surface area contributed by atoms with Crippen molar-refractivity contribution < 1.29 is 107 Å². The molecule has 1 saturated carbocycles. The summed E-state index contributed by atoms with van der Waals surface area (Å²) in [4.78, 5) is 191. The maximum atomic E-state index is 15.8. The van der Waals surface area contributed by atoms with E-state index in [-0.39, 0.29) is 77.3 Å². The quantitative estimate of drug-likeness (QED) is 0.189. The normalized spacial score (nSPS) is 26.6. The number of nitrogens with one attached hydrogen (secondary N) is 3. The summed E-state index contributed by atoms with van der Waals surface area (Å²) in [7, 11) is 7.56. The van der Waals surface area contributed by atoms with Gasteiger partial charge in [0, 0.05) is 87.9 Å². The van der Waals surface area contributed by atoms with Gasteiger partial charge in [-0.15, -0.1) is 0 Å². The average molecular weight is 1550 g/mol. The molecule has 12 amide bonds. The molecule has 109 heavy (non-hydrogen) atoms. The maximum Gasteiger partial charge on any atom is 0.422 e. The molecule has 2 aromatic rings. The molecule has 2 aromatic carbocycles. The van der Waals surface area contributed by atoms with Gasteiger partial charge in [0.15, 0.2) is 0 Å². The number of morpholine rings is 1. The summed E-state index contributed by atoms with van der Waals surface area (Å²) in [6, 6.07) is -6.65. The summed E-state index contributed by atoms with van der Waals surface area (Å²) in [5.41, 5.74) is -5.67. The van der Waals surface area contributed by atoms with Crippen molar-refractivity contribution in [1.29, 1.82) is 0 Å². The predicted molar refractivity (Wildman–Crippen MR) is 377 cm³/mol. The van der Waals surface area contributed by atoms with Crippen molar-refractivity contribution in [2.75, 3.05) is 121 Å². The third-order valence-corrected chi connectivity index (χ3v) is 21.1. The van der Waals surface area contributed by atoms with Gasteiger partial charge in [-0.05, 0) is 99.6 Å². The minimum absolute atomic E-state index is 0.0199. The maximum absolute atomic E-state index is 15.8. The Morgan fingerprint density at radius 3 is 1.91 bits per heavy atom. The van der Waals surface area contributed by atoms with Gasteiger partial charge in [-0.2, -0.15) is 26.3 Å². The van der Waals surface area contributed by atoms with Gasteiger partial charge in [0.2, 0.25) is 70.9 Å². The fourth-order valence-corrected chi connectivity index (χ4v) is 14.5. The van der Waals surface area contributed by atoms with Crippen LogP contribution in [0, 0.1) is 23.5 Å². The summed E-state index contributed by atoms with van der Waals surface area (Å²) >= 11 is 0. The SMILES string of the molecule is CCCN1C(=O)CN(C)C(=O)CN(C)C(=O)[C@H]([C@@H](C)CC)NC(=O)[C@@H]2COC/C=C\C[C@](C)(NC(=O)[C@@H]3C[C@@H](OCC)CN3C(=O)[C@H](CCc3cc(F)c(C(F)(F)F)c(F)c3)NC(=O)CN(C)C(=O)[C@@H]1Cc1ccc(C(F)(F)F)cc1)C(=O)N(C)[C@@H](C1CCCC1)C(=O)N(C)[C@H](C(=O)N1CCOCC1)CC(=O)N2C. The van der Waals surface area contributed by atoms with Crippen molar-refractivity contribution in [1.82, 2.24) is 60.0 Å². The Hall–Kier alpha value is -8.86. The van der Waals surface area contributed by atoms with Crippen LogP contribution in [0.2, 0.25) is 0 Å². The van der Waals surface area contributed by atoms with Crippen molar-refractivity contribution in [2.45, 2.75) is 178 Å². The highest BCUT2D eigenvalue weighted by molar-refractivity contribution is 6.01. The average Bonchev–Trinajstić information content (AvgIpc) is 1.77. The number of hydrogen-bond donors (Lipinski definition) is 3. The van der Waals surface area contributed by atoms with E-state index in [1.165, 1.54) is 64.1 Å². The molecule has 0 unspecified atom stereocenters. The number of likely N-dealkylation sites (N-methyl/N-ethyl adjacent to an activating group) is 6. The number of carbonyl (C=O) groups is 12. The summed E-state index contributed by atoms with van der Waals surface area (Å²) in [6.45, 7) is 4.36. The minimum Gasteiger partial charge on any atom is -0.378 e. The molecule has 4 aliphatic heterocycles. The molecule has 0 radical (unpaired) electrons. The van der Waals surface area contributed by atoms with Crippen LogP contribution in [0.5, 0.6) is 0 Å². The predicted octanol–water partition coefficient (Wildman–Crippen LogP) is 3.97. The first-order valence-corrected chi connectivity index (χ1v) is 36.7. The van der Waals surface area contributed by atoms with Crippen LogP contribution in [0.1, 0.15) is 121 Å². The summed E-state index contributed by atoms with van der Waals surface area (Å²) < 4.78 is 131. The summed E-state index contributed by atoms with van der Waals surface area (Å²) in [5, 5.41) is 8.12. The largest absolute Gasteiger partial charge is 0.422 e. The van der Waals surface area contributed by atoms with Crippen LogP contribution in [0.3, 0.4) is 0 Å². The zero-order valence-electron chi connectivity index (χ0n) is 63.5. The number of carbonyl (C=O) groups excluding carboxylic acids is 12. The Labute approximate surface area is 628 Å². The number of ether oxygens (including phenoxy) is 3. The zero-order chi connectivity index (χ0) is 80.7. The van der Waals surface area contributed by atoms with Crippen molar-refractivity contribution in [3.8, 4) is 0 Å². The van der Waals surface area contributed by atoms with Crippen molar-refractivity contribution >= 4 is 70.9 Å². The van der Waals surface area contributed by atoms with Gasteiger partial charge in [0.1, 0.15) is 65.0 Å². The molecular weight excluding hydrogens is 1450 g/mol. The second kappa shape index (κ2) is 38.2. The molecule has 7 rings (SSSR count). The first kappa shape index (κ1) is 87.4. The molecule has 3 fully saturated rings. The number of rotatable bonds is 13. The highest BCUT2D eigenvalue weighted by Gasteiger charge is 2.50. The Morgan fingerprint density at radius 1 is 0.688 bits per heavy atom. The second-order valence-electron chi connectivity index (χ2n) is 29.0. The smallest absolute Gasteiger partial charge is 0.378 e. The van der Waals surface area contributed by atoms with Crippen LogP contribution < -0.4 is 16.0 Å². The fraction of sp³-hybridized carbons (Fsp3) is 0.649. The number of hydrogen-bond acceptors (Lipinski definition) is 15. The van der Waals surface area contributed by atoms with Crippen molar-refractivity contribution in [3.05, 3.63) is 82.4 Å². The molecule has 0 aromatic heterocycles. The first-order chi connectivity index (χ1) is 51.3. The minimum atomic E-state index is -5.47. The lowest BCUT2D eigenvalue weighted by atomic mass is 9.90. The van der Waals surface area contributed by atoms with E-state index in [4.69, 9.17) is 14.2 Å². The van der Waals surface area contributed by atoms with E-state index in [1.54, 1.807) is 27.7 Å². The molecule has 27 nitrogen and oxygen atoms in total. The van der Waals surface area contributed by atoms with Crippen LogP contribution in [0.15, 0.2) is 48.6 Å². The van der Waals surface area contributed by atoms with Crippen LogP contribution in [-0.4, -0.2) is 290 Å². The van der Waals surface area contributed by atoms with E-state index in [0.717, 1.165) is 65.6 Å². The van der Waals surface area contributed by atoms with E-state index in [2.05, 4.69) is 16.0 Å². The van der Waals surface area contributed by atoms with Gasteiger partial charge in [0.05, 0.1) is 64.2 Å². The highest BCUT2D eigenvalue weighted by Crippen LogP contribution is 2.37. The lowest BCUT2D eigenvalue weighted by Gasteiger charge is -2.42. The van der Waals surface area contributed by atoms with Crippen LogP contribution >= 0.6 is 0 Å². The molecule has 3 N–H and O–H groups in total. The molecule has 604 valence electrons. The number of nitrogens with zero attached hydrogens (tertiary/aromatic N) is 9. The zero-order valence-corrected chi connectivity index (χ0v) is 63.5. The second-order valence-corrected chi connectivity index (χ2v) is 29.0. The molecule has 35 heteroatoms. The van der Waals surface area contributed by atoms with Gasteiger partial charge < -0.3 is 74.3 Å². The van der Waals surface area contributed by atoms with E-state index < -0.39 is 236 Å². The van der Waals surface area contributed by atoms with Crippen molar-refractivity contribution in [3.63, 3.8) is 0 Å². The van der Waals surface area contributed by atoms with Crippen LogP contribution in [0.4, 0.5) is 35.1 Å². The first-order valence-electron chi connectivity index (χ1n) is 36.7. The standard InChI is InChI=1S/C74H102F8N12O15/c1-12-28-93-55(36-45-21-24-48(25-22-45)73(77,78)79)67(102)87(7)40-57(95)83-52(26-23-46-34-50(75)61(51(76)35-46)74(80,81)82)66(101)94-39-49(109-14-3)37-53(94)65(100)85-72(5)27-17-18-31-108-43-56(64(99)84-62(44(4)13-2)69(104)88(8)41-59(97)86(6)42-60(93)98)89(9)58(96)38-54(68(103)92-29-32-107-33-30-92)90(10)70(105)63(91(11)71(72)106)47-19-15-16-20-47/h17-18,21-22,24-25,34-35,44,47,49,52-56,62-63H,12-16,19-20,23,26-33,36-43H2,1-11H3,(H,83,95)(H,84,99)(H,85,100)/b18-17-/t44-,49+,52-,53-,54-,55-,56-,62-,63-,72-/m0/s1. The molecule has 0 spiro atoms. The van der Waals surface area contributed by atoms with Gasteiger partial charge in [-0.1, -0.05) is 64.3 Å². The summed E-state index contributed by atoms with van der Waals surface area (Å²) in [6.07, 6.45) is -8.97. The Kier molecular flexibility index (Phi) is 30.6. The van der Waals surface area contributed by atoms with Crippen LogP contribution in [-0.2, 0) is 96.9 Å². The summed E-state index contributed by atoms with van der Waals surface area (Å²) in [5.74, 6) is -16.0. The number of amides is 12. The number of alkyl halides is 6. The van der Waals surface area contributed by atoms with Crippen molar-refractivity contribution in [2.24, 2.45) is 11.8 Å². The lowest BCUT2D eigenvalue weighted by molar-refractivity contribution is -0.157. The monoisotopic (exact) mass is 1550 g/mol. The molecule has 1 aliphatic carbocycles. The molecule has 4 heterocycles. The van der Waals surface area contributed by atoms with Gasteiger partial charge >= 0.3 is 12.4 Å². The number of benzene rings is 2.